The molecule has 0 saturated heterocycles. The number of hydrogen-bond acceptors (Lipinski definition) is 5. The van der Waals surface area contributed by atoms with E-state index in [0.717, 1.165) is 5.56 Å². The lowest BCUT2D eigenvalue weighted by molar-refractivity contribution is -0.144. The van der Waals surface area contributed by atoms with Gasteiger partial charge in [0.05, 0.1) is 18.4 Å². The number of hydrazone groups is 1. The molecule has 8 heteroatoms. The molecule has 2 amide bonds. The van der Waals surface area contributed by atoms with E-state index in [2.05, 4.69) is 5.10 Å². The van der Waals surface area contributed by atoms with Crippen molar-refractivity contribution in [3.8, 4) is 0 Å². The third kappa shape index (κ3) is 5.53. The maximum atomic E-state index is 14.4. The number of carbonyl (C=O) groups is 2. The summed E-state index contributed by atoms with van der Waals surface area (Å²) in [4.78, 5) is 27.0. The van der Waals surface area contributed by atoms with Gasteiger partial charge < -0.3 is 14.4 Å². The minimum absolute atomic E-state index is 0.136. The Balaban J connectivity index is 1.88. The number of carbonyl (C=O) groups excluding carboxylic acids is 2. The van der Waals surface area contributed by atoms with Crippen molar-refractivity contribution < 1.29 is 23.5 Å². The van der Waals surface area contributed by atoms with Crippen LogP contribution in [0.2, 0.25) is 0 Å². The van der Waals surface area contributed by atoms with Gasteiger partial charge in [-0.15, -0.1) is 0 Å². The van der Waals surface area contributed by atoms with E-state index < -0.39 is 0 Å². The Kier molecular flexibility index (Phi) is 7.86. The Morgan fingerprint density at radius 1 is 1.10 bits per heavy atom. The van der Waals surface area contributed by atoms with Gasteiger partial charge in [-0.1, -0.05) is 48.5 Å². The fourth-order valence-corrected chi connectivity index (χ4v) is 3.48. The Labute approximate surface area is 181 Å². The van der Waals surface area contributed by atoms with Gasteiger partial charge in [-0.3, -0.25) is 9.59 Å². The Morgan fingerprint density at radius 2 is 1.81 bits per heavy atom. The van der Waals surface area contributed by atoms with Gasteiger partial charge in [0.25, 0.3) is 5.91 Å². The summed E-state index contributed by atoms with van der Waals surface area (Å²) >= 11 is 0. The standard InChI is InChI=1S/C23H26FN3O4/c1-30-13-12-26(23(29)16-31-2)15-22(28)27-21(17-8-4-3-5-9-17)14-20(25-27)18-10-6-7-11-19(18)24/h3-11,21H,12-16H2,1-2H3/t21-/m0/s1. The lowest BCUT2D eigenvalue weighted by atomic mass is 9.98. The smallest absolute Gasteiger partial charge is 0.262 e. The molecule has 0 radical (unpaired) electrons. The van der Waals surface area contributed by atoms with Gasteiger partial charge >= 0.3 is 0 Å². The Hall–Kier alpha value is -3.10. The topological polar surface area (TPSA) is 71.4 Å². The first-order valence-electron chi connectivity index (χ1n) is 10.00. The maximum Gasteiger partial charge on any atom is 0.262 e. The molecule has 0 aliphatic carbocycles. The summed E-state index contributed by atoms with van der Waals surface area (Å²) in [6.07, 6.45) is 0.376. The van der Waals surface area contributed by atoms with Crippen molar-refractivity contribution in [1.29, 1.82) is 0 Å². The second-order valence-corrected chi connectivity index (χ2v) is 7.14. The minimum atomic E-state index is -0.389. The van der Waals surface area contributed by atoms with Crippen molar-refractivity contribution >= 4 is 17.5 Å². The summed E-state index contributed by atoms with van der Waals surface area (Å²) in [6, 6.07) is 15.4. The van der Waals surface area contributed by atoms with Crippen molar-refractivity contribution in [1.82, 2.24) is 9.91 Å². The second-order valence-electron chi connectivity index (χ2n) is 7.14. The zero-order valence-corrected chi connectivity index (χ0v) is 17.7. The van der Waals surface area contributed by atoms with Crippen LogP contribution >= 0.6 is 0 Å². The van der Waals surface area contributed by atoms with Crippen LogP contribution in [0.15, 0.2) is 59.7 Å². The monoisotopic (exact) mass is 427 g/mol. The average molecular weight is 427 g/mol. The molecule has 0 bridgehead atoms. The summed E-state index contributed by atoms with van der Waals surface area (Å²) in [7, 11) is 2.95. The SMILES string of the molecule is COCCN(CC(=O)N1N=C(c2ccccc2F)C[C@H]1c1ccccc1)C(=O)COC. The van der Waals surface area contributed by atoms with Gasteiger partial charge in [0.15, 0.2) is 0 Å². The summed E-state index contributed by atoms with van der Waals surface area (Å²) in [5.74, 6) is -1.07. The first-order valence-corrected chi connectivity index (χ1v) is 10.00. The van der Waals surface area contributed by atoms with Crippen LogP contribution in [-0.4, -0.2) is 68.0 Å². The molecule has 0 aromatic heterocycles. The van der Waals surface area contributed by atoms with E-state index in [0.29, 0.717) is 17.7 Å². The molecule has 0 spiro atoms. The number of ether oxygens (including phenoxy) is 2. The van der Waals surface area contributed by atoms with Crippen molar-refractivity contribution in [3.63, 3.8) is 0 Å². The Morgan fingerprint density at radius 3 is 2.48 bits per heavy atom. The van der Waals surface area contributed by atoms with Crippen LogP contribution in [-0.2, 0) is 19.1 Å². The van der Waals surface area contributed by atoms with Crippen LogP contribution in [0.25, 0.3) is 0 Å². The molecule has 1 atom stereocenters. The highest BCUT2D eigenvalue weighted by Crippen LogP contribution is 2.33. The zero-order valence-electron chi connectivity index (χ0n) is 17.7. The number of hydrogen-bond donors (Lipinski definition) is 0. The predicted octanol–water partition coefficient (Wildman–Crippen LogP) is 2.62. The zero-order chi connectivity index (χ0) is 22.2. The summed E-state index contributed by atoms with van der Waals surface area (Å²) in [5.41, 5.74) is 1.75. The van der Waals surface area contributed by atoms with Crippen molar-refractivity contribution in [2.75, 3.05) is 40.5 Å². The third-order valence-corrected chi connectivity index (χ3v) is 5.05. The fourth-order valence-electron chi connectivity index (χ4n) is 3.48. The van der Waals surface area contributed by atoms with Crippen molar-refractivity contribution in [2.45, 2.75) is 12.5 Å². The molecule has 7 nitrogen and oxygen atoms in total. The molecular formula is C23H26FN3O4. The first kappa shape index (κ1) is 22.6. The van der Waals surface area contributed by atoms with E-state index in [1.54, 1.807) is 18.2 Å². The summed E-state index contributed by atoms with van der Waals surface area (Å²) in [6.45, 7) is 0.221. The highest BCUT2D eigenvalue weighted by atomic mass is 19.1. The van der Waals surface area contributed by atoms with Crippen LogP contribution in [0, 0.1) is 5.82 Å². The molecular weight excluding hydrogens is 401 g/mol. The Bertz CT molecular complexity index is 935. The number of benzene rings is 2. The van der Waals surface area contributed by atoms with Crippen molar-refractivity contribution in [2.24, 2.45) is 5.10 Å². The number of rotatable bonds is 9. The van der Waals surface area contributed by atoms with Gasteiger partial charge in [0, 0.05) is 32.7 Å². The summed E-state index contributed by atoms with van der Waals surface area (Å²) < 4.78 is 24.4. The molecule has 0 fully saturated rings. The minimum Gasteiger partial charge on any atom is -0.383 e. The molecule has 2 aromatic carbocycles. The third-order valence-electron chi connectivity index (χ3n) is 5.05. The summed E-state index contributed by atoms with van der Waals surface area (Å²) in [5, 5.41) is 5.83. The van der Waals surface area contributed by atoms with Gasteiger partial charge in [-0.25, -0.2) is 9.40 Å². The van der Waals surface area contributed by atoms with Crippen LogP contribution in [0.4, 0.5) is 4.39 Å². The fraction of sp³-hybridized carbons (Fsp3) is 0.348. The quantitative estimate of drug-likeness (QED) is 0.617. The van der Waals surface area contributed by atoms with E-state index in [-0.39, 0.29) is 50.0 Å². The van der Waals surface area contributed by atoms with Crippen molar-refractivity contribution in [3.05, 3.63) is 71.5 Å². The molecule has 1 aliphatic heterocycles. The van der Waals surface area contributed by atoms with Gasteiger partial charge in [0.2, 0.25) is 5.91 Å². The van der Waals surface area contributed by atoms with Crippen LogP contribution < -0.4 is 0 Å². The molecule has 0 saturated carbocycles. The first-order chi connectivity index (χ1) is 15.0. The molecule has 3 rings (SSSR count). The van der Waals surface area contributed by atoms with E-state index in [1.165, 1.54) is 30.2 Å². The molecule has 0 N–H and O–H groups in total. The normalized spacial score (nSPS) is 15.6. The number of methoxy groups -OCH3 is 2. The average Bonchev–Trinajstić information content (AvgIpc) is 3.23. The van der Waals surface area contributed by atoms with E-state index in [9.17, 15) is 14.0 Å². The number of nitrogens with zero attached hydrogens (tertiary/aromatic N) is 3. The predicted molar refractivity (Wildman–Crippen MR) is 114 cm³/mol. The highest BCUT2D eigenvalue weighted by Gasteiger charge is 2.34. The molecule has 2 aromatic rings. The van der Waals surface area contributed by atoms with E-state index in [1.807, 2.05) is 30.3 Å². The van der Waals surface area contributed by atoms with E-state index >= 15 is 0 Å². The highest BCUT2D eigenvalue weighted by molar-refractivity contribution is 6.03. The van der Waals surface area contributed by atoms with E-state index in [4.69, 9.17) is 9.47 Å². The van der Waals surface area contributed by atoms with Crippen LogP contribution in [0.5, 0.6) is 0 Å². The molecule has 1 heterocycles. The lowest BCUT2D eigenvalue weighted by Crippen LogP contribution is -2.44. The van der Waals surface area contributed by atoms with Gasteiger partial charge in [0.1, 0.15) is 19.0 Å². The van der Waals surface area contributed by atoms with Gasteiger partial charge in [-0.2, -0.15) is 5.10 Å². The second kappa shape index (κ2) is 10.8. The van der Waals surface area contributed by atoms with Crippen LogP contribution in [0.3, 0.4) is 0 Å². The molecule has 1 aliphatic rings. The molecule has 31 heavy (non-hydrogen) atoms. The maximum absolute atomic E-state index is 14.4. The lowest BCUT2D eigenvalue weighted by Gasteiger charge is -2.26. The van der Waals surface area contributed by atoms with Crippen LogP contribution in [0.1, 0.15) is 23.6 Å². The largest absolute Gasteiger partial charge is 0.383 e. The molecule has 0 unspecified atom stereocenters. The van der Waals surface area contributed by atoms with Gasteiger partial charge in [-0.05, 0) is 11.6 Å². The number of amides is 2. The molecule has 164 valence electrons. The number of halogens is 1.